The van der Waals surface area contributed by atoms with E-state index in [4.69, 9.17) is 11.3 Å². The van der Waals surface area contributed by atoms with Crippen molar-refractivity contribution < 1.29 is 27.4 Å². The molecule has 4 rings (SSSR count). The Labute approximate surface area is 196 Å². The largest absolute Gasteiger partial charge is 0.494 e. The fraction of sp³-hybridized carbons (Fsp3) is 0.348. The fourth-order valence-corrected chi connectivity index (χ4v) is 5.98. The third-order valence-corrected chi connectivity index (χ3v) is 7.84. The van der Waals surface area contributed by atoms with Crippen LogP contribution in [0.5, 0.6) is 5.75 Å². The van der Waals surface area contributed by atoms with E-state index in [1.165, 1.54) is 35.0 Å². The molecule has 178 valence electrons. The van der Waals surface area contributed by atoms with Gasteiger partial charge in [-0.15, -0.1) is 4.31 Å². The van der Waals surface area contributed by atoms with Gasteiger partial charge in [0.05, 0.1) is 41.1 Å². The number of ether oxygens (including phenoxy) is 1. The van der Waals surface area contributed by atoms with Gasteiger partial charge in [0.1, 0.15) is 11.6 Å². The molecule has 1 aromatic heterocycles. The summed E-state index contributed by atoms with van der Waals surface area (Å²) < 4.78 is 48.9. The van der Waals surface area contributed by atoms with Gasteiger partial charge >= 0.3 is 5.97 Å². The number of carboxylic acid groups (broad SMARTS) is 1. The van der Waals surface area contributed by atoms with Crippen LogP contribution in [-0.2, 0) is 21.2 Å². The van der Waals surface area contributed by atoms with Gasteiger partial charge in [0.25, 0.3) is 6.17 Å². The summed E-state index contributed by atoms with van der Waals surface area (Å²) in [5, 5.41) is 14.2. The minimum absolute atomic E-state index is 0.0281. The number of carbonyl (C=O) groups is 1. The van der Waals surface area contributed by atoms with Gasteiger partial charge < -0.3 is 9.84 Å². The van der Waals surface area contributed by atoms with Gasteiger partial charge in [-0.1, -0.05) is 6.92 Å². The zero-order valence-corrected chi connectivity index (χ0v) is 19.4. The van der Waals surface area contributed by atoms with Crippen LogP contribution in [0.3, 0.4) is 0 Å². The highest BCUT2D eigenvalue weighted by Crippen LogP contribution is 2.39. The maximum atomic E-state index is 14.1. The number of carboxylic acids is 1. The van der Waals surface area contributed by atoms with E-state index >= 15 is 0 Å². The Morgan fingerprint density at radius 2 is 2.00 bits per heavy atom. The van der Waals surface area contributed by atoms with Crippen LogP contribution in [0.1, 0.15) is 25.6 Å². The van der Waals surface area contributed by atoms with Gasteiger partial charge in [-0.2, -0.15) is 5.10 Å². The monoisotopic (exact) mass is 486 g/mol. The Hall–Kier alpha value is -3.49. The number of halogens is 1. The first-order valence-electron chi connectivity index (χ1n) is 10.7. The molecule has 0 bridgehead atoms. The number of hydrogen-bond donors (Lipinski definition) is 1. The molecule has 1 aliphatic rings. The topological polar surface area (TPSA) is 106 Å². The Kier molecular flexibility index (Phi) is 6.29. The third kappa shape index (κ3) is 4.10. The second-order valence-electron chi connectivity index (χ2n) is 8.07. The Bertz CT molecular complexity index is 1380. The summed E-state index contributed by atoms with van der Waals surface area (Å²) in [5.74, 6) is -1.57. The van der Waals surface area contributed by atoms with E-state index in [1.54, 1.807) is 19.1 Å². The normalized spacial score (nSPS) is 20.9. The summed E-state index contributed by atoms with van der Waals surface area (Å²) in [6, 6.07) is 9.32. The van der Waals surface area contributed by atoms with E-state index in [0.717, 1.165) is 4.31 Å². The number of aliphatic carboxylic acids is 1. The van der Waals surface area contributed by atoms with Crippen LogP contribution < -0.4 is 4.74 Å². The zero-order chi connectivity index (χ0) is 24.6. The van der Waals surface area contributed by atoms with Gasteiger partial charge in [0.15, 0.2) is 0 Å². The molecular weight excluding hydrogens is 463 g/mol. The minimum atomic E-state index is -4.02. The van der Waals surface area contributed by atoms with E-state index in [1.807, 2.05) is 6.92 Å². The summed E-state index contributed by atoms with van der Waals surface area (Å²) in [7, 11) is -4.02. The lowest BCUT2D eigenvalue weighted by atomic mass is 10.0. The molecule has 0 unspecified atom stereocenters. The van der Waals surface area contributed by atoms with E-state index < -0.39 is 39.9 Å². The van der Waals surface area contributed by atoms with Gasteiger partial charge in [-0.25, -0.2) is 19.4 Å². The van der Waals surface area contributed by atoms with Gasteiger partial charge in [0, 0.05) is 11.9 Å². The molecule has 1 N–H and O–H groups in total. The Morgan fingerprint density at radius 3 is 2.62 bits per heavy atom. The molecule has 3 aromatic rings. The molecule has 0 aliphatic carbocycles. The van der Waals surface area contributed by atoms with Crippen LogP contribution in [0.4, 0.5) is 4.39 Å². The predicted molar refractivity (Wildman–Crippen MR) is 121 cm³/mol. The molecular formula is C23H23FN4O5S. The molecule has 34 heavy (non-hydrogen) atoms. The van der Waals surface area contributed by atoms with Crippen molar-refractivity contribution in [3.05, 3.63) is 65.4 Å². The lowest BCUT2D eigenvalue weighted by Crippen LogP contribution is -2.35. The Morgan fingerprint density at radius 1 is 1.29 bits per heavy atom. The summed E-state index contributed by atoms with van der Waals surface area (Å²) in [6.07, 6.45) is -1.37. The van der Waals surface area contributed by atoms with E-state index in [2.05, 4.69) is 9.94 Å². The van der Waals surface area contributed by atoms with Crippen LogP contribution in [-0.4, -0.2) is 52.9 Å². The van der Waals surface area contributed by atoms with E-state index in [9.17, 15) is 22.7 Å². The van der Waals surface area contributed by atoms with Crippen molar-refractivity contribution in [2.24, 2.45) is 5.92 Å². The van der Waals surface area contributed by atoms with Crippen LogP contribution in [0, 0.1) is 18.3 Å². The number of rotatable bonds is 7. The number of fused-ring (bicyclic) bond motifs is 1. The summed E-state index contributed by atoms with van der Waals surface area (Å²) >= 11 is 0. The second kappa shape index (κ2) is 9.04. The Balaban J connectivity index is 1.75. The predicted octanol–water partition coefficient (Wildman–Crippen LogP) is 3.33. The molecule has 0 saturated carbocycles. The molecule has 1 fully saturated rings. The minimum Gasteiger partial charge on any atom is -0.494 e. The molecule has 1 saturated heterocycles. The molecule has 0 amide bonds. The zero-order valence-electron chi connectivity index (χ0n) is 18.6. The lowest BCUT2D eigenvalue weighted by Gasteiger charge is -2.17. The van der Waals surface area contributed by atoms with Gasteiger partial charge in [-0.3, -0.25) is 14.3 Å². The number of hydrogen-bond acceptors (Lipinski definition) is 5. The quantitative estimate of drug-likeness (QED) is 0.514. The van der Waals surface area contributed by atoms with E-state index in [0.29, 0.717) is 23.3 Å². The smallest absolute Gasteiger partial charge is 0.309 e. The highest BCUT2D eigenvalue weighted by Gasteiger charge is 2.51. The van der Waals surface area contributed by atoms with Crippen LogP contribution >= 0.6 is 0 Å². The van der Waals surface area contributed by atoms with E-state index in [-0.39, 0.29) is 23.6 Å². The number of nitrogens with zero attached hydrogens (tertiary/aromatic N) is 4. The average molecular weight is 487 g/mol. The summed E-state index contributed by atoms with van der Waals surface area (Å²) in [5.41, 5.74) is 0.610. The number of sulfonamides is 1. The van der Waals surface area contributed by atoms with Crippen molar-refractivity contribution in [1.29, 1.82) is 0 Å². The number of aromatic nitrogens is 2. The highest BCUT2D eigenvalue weighted by molar-refractivity contribution is 7.89. The standard InChI is InChI=1S/C23H23FN4O5S/c1-4-33-16-6-8-17(9-7-16)34(31,32)27-13-21(14(2)23(27)25-3)28-20-11-15(24)5-10-18(20)19(26-28)12-22(29)30/h5-11,14,21,23H,4,12-13H2,1-2H3,(H,29,30)/t14-,21-,23+/m0/s1. The third-order valence-electron chi connectivity index (χ3n) is 5.99. The molecule has 0 spiro atoms. The second-order valence-corrected chi connectivity index (χ2v) is 9.96. The maximum Gasteiger partial charge on any atom is 0.309 e. The van der Waals surface area contributed by atoms with Crippen molar-refractivity contribution in [3.63, 3.8) is 0 Å². The molecule has 2 heterocycles. The molecule has 1 aliphatic heterocycles. The number of benzene rings is 2. The highest BCUT2D eigenvalue weighted by atomic mass is 32.2. The molecule has 3 atom stereocenters. The van der Waals surface area contributed by atoms with Gasteiger partial charge in [0.2, 0.25) is 10.0 Å². The maximum absolute atomic E-state index is 14.1. The van der Waals surface area contributed by atoms with Gasteiger partial charge in [-0.05, 0) is 49.4 Å². The SMILES string of the molecule is [C-]#[N+][C@H]1[C@@H](C)[C@@H](n2nc(CC(=O)O)c3ccc(F)cc32)CN1S(=O)(=O)c1ccc(OCC)cc1. The van der Waals surface area contributed by atoms with Crippen molar-refractivity contribution >= 4 is 26.9 Å². The molecule has 9 nitrogen and oxygen atoms in total. The average Bonchev–Trinajstić information content (AvgIpc) is 3.31. The van der Waals surface area contributed by atoms with Crippen molar-refractivity contribution in [1.82, 2.24) is 14.1 Å². The van der Waals surface area contributed by atoms with Crippen molar-refractivity contribution in [2.75, 3.05) is 13.2 Å². The van der Waals surface area contributed by atoms with Crippen molar-refractivity contribution in [3.8, 4) is 5.75 Å². The summed E-state index contributed by atoms with van der Waals surface area (Å²) in [6.45, 7) is 11.6. The fourth-order valence-electron chi connectivity index (χ4n) is 4.35. The van der Waals surface area contributed by atoms with Crippen LogP contribution in [0.2, 0.25) is 0 Å². The first-order chi connectivity index (χ1) is 16.2. The molecule has 11 heteroatoms. The van der Waals surface area contributed by atoms with Crippen LogP contribution in [0.25, 0.3) is 15.7 Å². The lowest BCUT2D eigenvalue weighted by molar-refractivity contribution is -0.136. The molecule has 0 radical (unpaired) electrons. The van der Waals surface area contributed by atoms with Crippen LogP contribution in [0.15, 0.2) is 47.4 Å². The first kappa shape index (κ1) is 23.7. The summed E-state index contributed by atoms with van der Waals surface area (Å²) in [4.78, 5) is 14.9. The first-order valence-corrected chi connectivity index (χ1v) is 12.1. The van der Waals surface area contributed by atoms with Crippen molar-refractivity contribution in [2.45, 2.75) is 37.4 Å². The molecule has 2 aromatic carbocycles.